The minimum absolute atomic E-state index is 0.152. The first-order chi connectivity index (χ1) is 13.4. The average molecular weight is 397 g/mol. The van der Waals surface area contributed by atoms with Gasteiger partial charge in [-0.05, 0) is 31.2 Å². The normalized spacial score (nSPS) is 12.0. The lowest BCUT2D eigenvalue weighted by Gasteiger charge is -2.12. The third-order valence-corrected chi connectivity index (χ3v) is 4.66. The molecule has 142 valence electrons. The van der Waals surface area contributed by atoms with Gasteiger partial charge in [-0.3, -0.25) is 14.9 Å². The number of benzene rings is 2. The summed E-state index contributed by atoms with van der Waals surface area (Å²) in [4.78, 5) is 38.6. The first kappa shape index (κ1) is 19.2. The lowest BCUT2D eigenvalue weighted by atomic mass is 10.2. The number of nitrogens with one attached hydrogen (secondary N) is 1. The summed E-state index contributed by atoms with van der Waals surface area (Å²) < 4.78 is 6.06. The Labute approximate surface area is 163 Å². The van der Waals surface area contributed by atoms with Gasteiger partial charge in [0.1, 0.15) is 5.01 Å². The molecule has 3 aromatic rings. The molecule has 0 aliphatic heterocycles. The van der Waals surface area contributed by atoms with Crippen molar-refractivity contribution < 1.29 is 19.2 Å². The fraction of sp³-hybridized carbons (Fsp3) is 0.105. The predicted molar refractivity (Wildman–Crippen MR) is 106 cm³/mol. The molecule has 1 amide bonds. The molecular formula is C19H15N3O5S. The molecule has 2 aromatic carbocycles. The number of carbonyl (C=O) groups excluding carboxylic acids is 2. The maximum Gasteiger partial charge on any atom is 0.331 e. The second-order valence-electron chi connectivity index (χ2n) is 5.73. The van der Waals surface area contributed by atoms with E-state index in [0.717, 1.165) is 10.2 Å². The molecule has 1 aromatic heterocycles. The van der Waals surface area contributed by atoms with Crippen LogP contribution in [-0.4, -0.2) is 27.9 Å². The molecule has 0 radical (unpaired) electrons. The van der Waals surface area contributed by atoms with Crippen LogP contribution in [0.1, 0.15) is 11.9 Å². The Morgan fingerprint density at radius 2 is 2.04 bits per heavy atom. The molecule has 1 unspecified atom stereocenters. The number of anilines is 1. The van der Waals surface area contributed by atoms with Crippen LogP contribution >= 0.6 is 11.3 Å². The molecule has 1 heterocycles. The van der Waals surface area contributed by atoms with Crippen molar-refractivity contribution in [2.24, 2.45) is 0 Å². The molecule has 1 N–H and O–H groups in total. The highest BCUT2D eigenvalue weighted by atomic mass is 32.1. The molecule has 0 spiro atoms. The number of amides is 1. The number of aromatic nitrogens is 1. The molecule has 3 rings (SSSR count). The summed E-state index contributed by atoms with van der Waals surface area (Å²) in [7, 11) is 0. The summed E-state index contributed by atoms with van der Waals surface area (Å²) in [5, 5.41) is 13.9. The molecule has 28 heavy (non-hydrogen) atoms. The number of nitro groups is 1. The molecule has 8 nitrogen and oxygen atoms in total. The number of ether oxygens (including phenoxy) is 1. The highest BCUT2D eigenvalue weighted by Crippen LogP contribution is 2.22. The molecule has 0 fully saturated rings. The van der Waals surface area contributed by atoms with Crippen molar-refractivity contribution in [2.75, 3.05) is 5.32 Å². The van der Waals surface area contributed by atoms with Crippen molar-refractivity contribution in [3.63, 3.8) is 0 Å². The average Bonchev–Trinajstić information content (AvgIpc) is 3.09. The van der Waals surface area contributed by atoms with Gasteiger partial charge >= 0.3 is 5.97 Å². The van der Waals surface area contributed by atoms with Crippen LogP contribution < -0.4 is 5.32 Å². The Kier molecular flexibility index (Phi) is 5.75. The van der Waals surface area contributed by atoms with Gasteiger partial charge in [0.2, 0.25) is 0 Å². The van der Waals surface area contributed by atoms with Crippen molar-refractivity contribution in [2.45, 2.75) is 13.0 Å². The summed E-state index contributed by atoms with van der Waals surface area (Å²) in [5.41, 5.74) is 0.929. The SMILES string of the molecule is CC(OC(=O)/C=C/c1nc2ccccc2s1)C(=O)Nc1cccc([N+](=O)[O-])c1. The number of rotatable bonds is 6. The quantitative estimate of drug-likeness (QED) is 0.293. The number of hydrogen-bond donors (Lipinski definition) is 1. The zero-order valence-electron chi connectivity index (χ0n) is 14.7. The first-order valence-corrected chi connectivity index (χ1v) is 9.03. The zero-order chi connectivity index (χ0) is 20.1. The number of carbonyl (C=O) groups is 2. The van der Waals surface area contributed by atoms with E-state index in [-0.39, 0.29) is 11.4 Å². The number of fused-ring (bicyclic) bond motifs is 1. The van der Waals surface area contributed by atoms with Crippen molar-refractivity contribution in [1.82, 2.24) is 4.98 Å². The van der Waals surface area contributed by atoms with E-state index >= 15 is 0 Å². The molecule has 9 heteroatoms. The second kappa shape index (κ2) is 8.40. The molecule has 1 atom stereocenters. The summed E-state index contributed by atoms with van der Waals surface area (Å²) in [5.74, 6) is -1.29. The fourth-order valence-corrected chi connectivity index (χ4v) is 3.18. The van der Waals surface area contributed by atoms with Gasteiger partial charge in [-0.1, -0.05) is 18.2 Å². The summed E-state index contributed by atoms with van der Waals surface area (Å²) in [6.07, 6.45) is 1.65. The van der Waals surface area contributed by atoms with E-state index in [1.807, 2.05) is 24.3 Å². The number of para-hydroxylation sites is 1. The van der Waals surface area contributed by atoms with Crippen LogP contribution in [0.15, 0.2) is 54.6 Å². The van der Waals surface area contributed by atoms with Crippen LogP contribution in [0.4, 0.5) is 11.4 Å². The van der Waals surface area contributed by atoms with Gasteiger partial charge in [0.15, 0.2) is 6.10 Å². The standard InChI is InChI=1S/C19H15N3O5S/c1-12(19(24)20-13-5-4-6-14(11-13)22(25)26)27-18(23)10-9-17-21-15-7-2-3-8-16(15)28-17/h2-12H,1H3,(H,20,24)/b10-9+. The fourth-order valence-electron chi connectivity index (χ4n) is 2.31. The van der Waals surface area contributed by atoms with E-state index in [4.69, 9.17) is 4.74 Å². The number of thiazole rings is 1. The Morgan fingerprint density at radius 1 is 1.25 bits per heavy atom. The largest absolute Gasteiger partial charge is 0.449 e. The van der Waals surface area contributed by atoms with Crippen molar-refractivity contribution >= 4 is 50.9 Å². The summed E-state index contributed by atoms with van der Waals surface area (Å²) >= 11 is 1.43. The minimum Gasteiger partial charge on any atom is -0.449 e. The molecule has 0 saturated carbocycles. The number of nitrogens with zero attached hydrogens (tertiary/aromatic N) is 2. The summed E-state index contributed by atoms with van der Waals surface area (Å²) in [6.45, 7) is 1.41. The Hall–Kier alpha value is -3.59. The molecule has 0 aliphatic rings. The minimum atomic E-state index is -1.08. The molecular weight excluding hydrogens is 382 g/mol. The van der Waals surface area contributed by atoms with E-state index in [9.17, 15) is 19.7 Å². The van der Waals surface area contributed by atoms with Crippen molar-refractivity contribution in [1.29, 1.82) is 0 Å². The topological polar surface area (TPSA) is 111 Å². The Balaban J connectivity index is 1.57. The third-order valence-electron chi connectivity index (χ3n) is 3.66. The molecule has 0 saturated heterocycles. The van der Waals surface area contributed by atoms with Gasteiger partial charge in [-0.15, -0.1) is 11.3 Å². The van der Waals surface area contributed by atoms with Crippen molar-refractivity contribution in [3.05, 3.63) is 69.7 Å². The first-order valence-electron chi connectivity index (χ1n) is 8.22. The van der Waals surface area contributed by atoms with Crippen LogP contribution in [0.3, 0.4) is 0 Å². The van der Waals surface area contributed by atoms with Gasteiger partial charge in [-0.25, -0.2) is 9.78 Å². The van der Waals surface area contributed by atoms with Crippen molar-refractivity contribution in [3.8, 4) is 0 Å². The molecule has 0 aliphatic carbocycles. The number of hydrogen-bond acceptors (Lipinski definition) is 7. The van der Waals surface area contributed by atoms with Gasteiger partial charge in [0, 0.05) is 23.9 Å². The highest BCUT2D eigenvalue weighted by Gasteiger charge is 2.17. The number of nitro benzene ring substituents is 1. The Morgan fingerprint density at radius 3 is 2.79 bits per heavy atom. The van der Waals surface area contributed by atoms with Crippen LogP contribution in [0, 0.1) is 10.1 Å². The monoisotopic (exact) mass is 397 g/mol. The third kappa shape index (κ3) is 4.77. The van der Waals surface area contributed by atoms with E-state index < -0.39 is 22.9 Å². The smallest absolute Gasteiger partial charge is 0.331 e. The molecule has 0 bridgehead atoms. The van der Waals surface area contributed by atoms with E-state index in [1.165, 1.54) is 54.7 Å². The number of esters is 1. The zero-order valence-corrected chi connectivity index (χ0v) is 15.5. The van der Waals surface area contributed by atoms with Gasteiger partial charge < -0.3 is 10.1 Å². The number of non-ortho nitro benzene ring substituents is 1. The lowest BCUT2D eigenvalue weighted by molar-refractivity contribution is -0.384. The Bertz CT molecular complexity index is 1040. The second-order valence-corrected chi connectivity index (χ2v) is 6.79. The summed E-state index contributed by atoms with van der Waals surface area (Å²) in [6, 6.07) is 13.1. The lowest BCUT2D eigenvalue weighted by Crippen LogP contribution is -2.29. The van der Waals surface area contributed by atoms with E-state index in [2.05, 4.69) is 10.3 Å². The van der Waals surface area contributed by atoms with Crippen LogP contribution in [0.5, 0.6) is 0 Å². The van der Waals surface area contributed by atoms with Gasteiger partial charge in [0.05, 0.1) is 15.1 Å². The maximum atomic E-state index is 12.1. The van der Waals surface area contributed by atoms with E-state index in [1.54, 1.807) is 0 Å². The predicted octanol–water partition coefficient (Wildman–Crippen LogP) is 3.79. The van der Waals surface area contributed by atoms with Crippen LogP contribution in [0.2, 0.25) is 0 Å². The van der Waals surface area contributed by atoms with Crippen LogP contribution in [-0.2, 0) is 14.3 Å². The maximum absolute atomic E-state index is 12.1. The van der Waals surface area contributed by atoms with Crippen LogP contribution in [0.25, 0.3) is 16.3 Å². The van der Waals surface area contributed by atoms with Gasteiger partial charge in [-0.2, -0.15) is 0 Å². The van der Waals surface area contributed by atoms with E-state index in [0.29, 0.717) is 5.01 Å². The highest BCUT2D eigenvalue weighted by molar-refractivity contribution is 7.19. The van der Waals surface area contributed by atoms with Gasteiger partial charge in [0.25, 0.3) is 11.6 Å².